The van der Waals surface area contributed by atoms with Gasteiger partial charge in [-0.1, -0.05) is 28.1 Å². The number of nitrogens with zero attached hydrogens (tertiary/aromatic N) is 1. The van der Waals surface area contributed by atoms with Crippen LogP contribution in [-0.2, 0) is 13.0 Å². The molecule has 150 valence electrons. The number of thiophene rings is 1. The van der Waals surface area contributed by atoms with Crippen molar-refractivity contribution in [2.75, 3.05) is 11.9 Å². The lowest BCUT2D eigenvalue weighted by Crippen LogP contribution is -2.39. The van der Waals surface area contributed by atoms with E-state index in [4.69, 9.17) is 4.42 Å². The van der Waals surface area contributed by atoms with Crippen LogP contribution in [0.2, 0.25) is 0 Å². The van der Waals surface area contributed by atoms with Crippen molar-refractivity contribution in [3.05, 3.63) is 62.6 Å². The van der Waals surface area contributed by atoms with Crippen LogP contribution in [-0.4, -0.2) is 23.4 Å². The van der Waals surface area contributed by atoms with Gasteiger partial charge in [0.1, 0.15) is 16.5 Å². The van der Waals surface area contributed by atoms with Gasteiger partial charge >= 0.3 is 0 Å². The first kappa shape index (κ1) is 18.9. The van der Waals surface area contributed by atoms with Crippen LogP contribution in [0.5, 0.6) is 0 Å². The molecule has 5 nitrogen and oxygen atoms in total. The molecule has 1 atom stereocenters. The third kappa shape index (κ3) is 3.41. The van der Waals surface area contributed by atoms with Crippen molar-refractivity contribution in [2.45, 2.75) is 39.0 Å². The molecule has 1 aromatic carbocycles. The number of amides is 1. The summed E-state index contributed by atoms with van der Waals surface area (Å²) < 4.78 is 7.09. The van der Waals surface area contributed by atoms with Crippen molar-refractivity contribution in [1.29, 1.82) is 0 Å². The standard InChI is InChI=1S/C22H22BrN3O2S/c1-12(2)26-10-9-15-18(11-26)29-22-19(15)21(27)24-20(25-22)17-8-7-16(28-17)13-3-5-14(23)6-4-13/h3-8,12,20,25H,9-11H2,1-2H3,(H,24,27)/t20-/m1/s1. The number of furan rings is 1. The number of halogens is 1. The molecule has 3 aromatic rings. The predicted molar refractivity (Wildman–Crippen MR) is 119 cm³/mol. The van der Waals surface area contributed by atoms with Gasteiger partial charge in [0.05, 0.1) is 5.56 Å². The molecular formula is C22H22BrN3O2S. The summed E-state index contributed by atoms with van der Waals surface area (Å²) in [7, 11) is 0. The number of benzene rings is 1. The summed E-state index contributed by atoms with van der Waals surface area (Å²) in [4.78, 5) is 16.7. The van der Waals surface area contributed by atoms with Crippen LogP contribution in [0.15, 0.2) is 45.3 Å². The summed E-state index contributed by atoms with van der Waals surface area (Å²) in [5.74, 6) is 1.48. The number of anilines is 1. The van der Waals surface area contributed by atoms with Crippen molar-refractivity contribution in [3.63, 3.8) is 0 Å². The Balaban J connectivity index is 1.41. The molecule has 2 aliphatic heterocycles. The lowest BCUT2D eigenvalue weighted by molar-refractivity contribution is 0.0930. The Hall–Kier alpha value is -2.09. The van der Waals surface area contributed by atoms with Gasteiger partial charge in [0.2, 0.25) is 0 Å². The van der Waals surface area contributed by atoms with Crippen LogP contribution in [0, 0.1) is 0 Å². The maximum absolute atomic E-state index is 12.9. The highest BCUT2D eigenvalue weighted by Crippen LogP contribution is 2.41. The van der Waals surface area contributed by atoms with E-state index in [0.29, 0.717) is 11.8 Å². The normalized spacial score (nSPS) is 18.9. The minimum absolute atomic E-state index is 0.0131. The van der Waals surface area contributed by atoms with E-state index in [1.54, 1.807) is 11.3 Å². The summed E-state index contributed by atoms with van der Waals surface area (Å²) in [5.41, 5.74) is 3.03. The molecule has 0 fully saturated rings. The number of carbonyl (C=O) groups is 1. The monoisotopic (exact) mass is 471 g/mol. The molecule has 0 bridgehead atoms. The zero-order valence-corrected chi connectivity index (χ0v) is 18.7. The number of carbonyl (C=O) groups excluding carboxylic acids is 1. The second-order valence-corrected chi connectivity index (χ2v) is 9.80. The molecule has 0 saturated heterocycles. The van der Waals surface area contributed by atoms with E-state index in [1.807, 2.05) is 36.4 Å². The minimum Gasteiger partial charge on any atom is -0.457 e. The predicted octanol–water partition coefficient (Wildman–Crippen LogP) is 5.39. The van der Waals surface area contributed by atoms with E-state index >= 15 is 0 Å². The van der Waals surface area contributed by atoms with Crippen LogP contribution in [0.3, 0.4) is 0 Å². The molecular weight excluding hydrogens is 450 g/mol. The van der Waals surface area contributed by atoms with Crippen molar-refractivity contribution in [1.82, 2.24) is 10.2 Å². The molecule has 7 heteroatoms. The highest BCUT2D eigenvalue weighted by molar-refractivity contribution is 9.10. The molecule has 2 N–H and O–H groups in total. The Kier molecular flexibility index (Phi) is 4.76. The van der Waals surface area contributed by atoms with Gasteiger partial charge in [-0.15, -0.1) is 11.3 Å². The van der Waals surface area contributed by atoms with Gasteiger partial charge < -0.3 is 15.1 Å². The quantitative estimate of drug-likeness (QED) is 0.537. The second-order valence-electron chi connectivity index (χ2n) is 7.78. The first-order chi connectivity index (χ1) is 14.0. The smallest absolute Gasteiger partial charge is 0.256 e. The van der Waals surface area contributed by atoms with E-state index in [9.17, 15) is 4.79 Å². The summed E-state index contributed by atoms with van der Waals surface area (Å²) in [5, 5.41) is 7.51. The van der Waals surface area contributed by atoms with Crippen LogP contribution in [0.4, 0.5) is 5.00 Å². The van der Waals surface area contributed by atoms with Gasteiger partial charge in [-0.2, -0.15) is 0 Å². The zero-order chi connectivity index (χ0) is 20.1. The number of hydrogen-bond acceptors (Lipinski definition) is 5. The van der Waals surface area contributed by atoms with Gasteiger partial charge in [0, 0.05) is 34.0 Å². The van der Waals surface area contributed by atoms with Crippen LogP contribution >= 0.6 is 27.3 Å². The largest absolute Gasteiger partial charge is 0.457 e. The molecule has 0 spiro atoms. The maximum atomic E-state index is 12.9. The summed E-state index contributed by atoms with van der Waals surface area (Å²) in [6, 6.07) is 12.4. The minimum atomic E-state index is -0.361. The van der Waals surface area contributed by atoms with Crippen LogP contribution < -0.4 is 10.6 Å². The Labute approximate surface area is 182 Å². The summed E-state index contributed by atoms with van der Waals surface area (Å²) >= 11 is 5.16. The lowest BCUT2D eigenvalue weighted by atomic mass is 10.0. The first-order valence-electron chi connectivity index (χ1n) is 9.81. The molecule has 2 aromatic heterocycles. The molecule has 0 saturated carbocycles. The number of nitrogens with one attached hydrogen (secondary N) is 2. The Bertz CT molecular complexity index is 1070. The van der Waals surface area contributed by atoms with Gasteiger partial charge in [-0.25, -0.2) is 0 Å². The van der Waals surface area contributed by atoms with Gasteiger partial charge in [0.15, 0.2) is 6.17 Å². The molecule has 0 radical (unpaired) electrons. The summed E-state index contributed by atoms with van der Waals surface area (Å²) in [6.45, 7) is 6.36. The fourth-order valence-electron chi connectivity index (χ4n) is 4.00. The third-order valence-electron chi connectivity index (χ3n) is 5.63. The number of rotatable bonds is 3. The molecule has 1 amide bonds. The zero-order valence-electron chi connectivity index (χ0n) is 16.3. The number of fused-ring (bicyclic) bond motifs is 3. The highest BCUT2D eigenvalue weighted by atomic mass is 79.9. The summed E-state index contributed by atoms with van der Waals surface area (Å²) in [6.07, 6.45) is 0.564. The van der Waals surface area contributed by atoms with Crippen molar-refractivity contribution >= 4 is 38.2 Å². The fraction of sp³-hybridized carbons (Fsp3) is 0.318. The van der Waals surface area contributed by atoms with Crippen molar-refractivity contribution in [2.24, 2.45) is 0 Å². The van der Waals surface area contributed by atoms with Crippen molar-refractivity contribution in [3.8, 4) is 11.3 Å². The van der Waals surface area contributed by atoms with Crippen LogP contribution in [0.25, 0.3) is 11.3 Å². The molecule has 0 aliphatic carbocycles. The lowest BCUT2D eigenvalue weighted by Gasteiger charge is -2.30. The van der Waals surface area contributed by atoms with E-state index in [0.717, 1.165) is 45.9 Å². The van der Waals surface area contributed by atoms with E-state index < -0.39 is 0 Å². The fourth-order valence-corrected chi connectivity index (χ4v) is 5.56. The molecule has 4 heterocycles. The SMILES string of the molecule is CC(C)N1CCc2c(sc3c2C(=O)N[C@@H](c2ccc(-c4ccc(Br)cc4)o2)N3)C1. The van der Waals surface area contributed by atoms with E-state index in [-0.39, 0.29) is 12.1 Å². The van der Waals surface area contributed by atoms with Crippen molar-refractivity contribution < 1.29 is 9.21 Å². The van der Waals surface area contributed by atoms with Gasteiger partial charge in [0.25, 0.3) is 5.91 Å². The maximum Gasteiger partial charge on any atom is 0.256 e. The second kappa shape index (κ2) is 7.31. The molecule has 0 unspecified atom stereocenters. The molecule has 2 aliphatic rings. The Morgan fingerprint density at radius 3 is 2.72 bits per heavy atom. The van der Waals surface area contributed by atoms with E-state index in [1.165, 1.54) is 10.4 Å². The average Bonchev–Trinajstić information content (AvgIpc) is 3.32. The topological polar surface area (TPSA) is 57.5 Å². The average molecular weight is 472 g/mol. The van der Waals surface area contributed by atoms with Gasteiger partial charge in [-0.3, -0.25) is 9.69 Å². The Morgan fingerprint density at radius 2 is 1.97 bits per heavy atom. The molecule has 29 heavy (non-hydrogen) atoms. The first-order valence-corrected chi connectivity index (χ1v) is 11.4. The Morgan fingerprint density at radius 1 is 1.17 bits per heavy atom. The van der Waals surface area contributed by atoms with E-state index in [2.05, 4.69) is 45.3 Å². The number of hydrogen-bond donors (Lipinski definition) is 2. The third-order valence-corrected chi connectivity index (χ3v) is 7.31. The van der Waals surface area contributed by atoms with Gasteiger partial charge in [-0.05, 0) is 50.1 Å². The highest BCUT2D eigenvalue weighted by Gasteiger charge is 2.34. The molecule has 5 rings (SSSR count). The van der Waals surface area contributed by atoms with Crippen LogP contribution in [0.1, 0.15) is 46.6 Å².